The maximum Gasteiger partial charge on any atom is 0.193 e. The Hall–Kier alpha value is -3.12. The highest BCUT2D eigenvalue weighted by Gasteiger charge is 2.28. The largest absolute Gasteiger partial charge is 0.299 e. The molecule has 0 radical (unpaired) electrons. The summed E-state index contributed by atoms with van der Waals surface area (Å²) in [6, 6.07) is 9.92. The Bertz CT molecular complexity index is 1200. The zero-order chi connectivity index (χ0) is 19.8. The van der Waals surface area contributed by atoms with Crippen LogP contribution < -0.4 is 0 Å². The van der Waals surface area contributed by atoms with Gasteiger partial charge in [0.05, 0.1) is 22.9 Å². The quantitative estimate of drug-likeness (QED) is 0.484. The molecular weight excluding hydrogens is 386 g/mol. The first-order chi connectivity index (χ1) is 14.2. The molecule has 4 aromatic rings. The number of hydrogen-bond acceptors (Lipinski definition) is 5. The van der Waals surface area contributed by atoms with Crippen LogP contribution in [0.3, 0.4) is 0 Å². The zero-order valence-corrected chi connectivity index (χ0v) is 16.4. The number of aromatic nitrogens is 5. The number of carbonyl (C=O) groups is 1. The lowest BCUT2D eigenvalue weighted by molar-refractivity contribution is -0.117. The van der Waals surface area contributed by atoms with Crippen molar-refractivity contribution in [3.63, 3.8) is 0 Å². The number of para-hydroxylation sites is 1. The molecule has 5 rings (SSSR count). The Morgan fingerprint density at radius 1 is 1.07 bits per heavy atom. The highest BCUT2D eigenvalue weighted by molar-refractivity contribution is 6.32. The average Bonchev–Trinajstić information content (AvgIpc) is 3.41. The second kappa shape index (κ2) is 7.37. The van der Waals surface area contributed by atoms with Gasteiger partial charge in [0.1, 0.15) is 5.78 Å². The van der Waals surface area contributed by atoms with Crippen LogP contribution in [-0.2, 0) is 17.6 Å². The molecule has 1 saturated carbocycles. The van der Waals surface area contributed by atoms with E-state index in [2.05, 4.69) is 26.2 Å². The number of halogens is 1. The van der Waals surface area contributed by atoms with Crippen LogP contribution in [0.25, 0.3) is 16.7 Å². The van der Waals surface area contributed by atoms with E-state index in [0.717, 1.165) is 16.6 Å². The molecule has 1 aliphatic rings. The first-order valence-corrected chi connectivity index (χ1v) is 9.96. The molecule has 0 saturated heterocycles. The number of hydrogen-bond donors (Lipinski definition) is 0. The summed E-state index contributed by atoms with van der Waals surface area (Å²) < 4.78 is 0. The Balaban J connectivity index is 1.37. The van der Waals surface area contributed by atoms with Gasteiger partial charge in [0.2, 0.25) is 0 Å². The monoisotopic (exact) mass is 403 g/mol. The third-order valence-electron chi connectivity index (χ3n) is 5.16. The molecule has 6 nitrogen and oxygen atoms in total. The Morgan fingerprint density at radius 3 is 2.62 bits per heavy atom. The Labute approximate surface area is 172 Å². The van der Waals surface area contributed by atoms with E-state index in [0.29, 0.717) is 23.2 Å². The first kappa shape index (κ1) is 17.9. The second-order valence-corrected chi connectivity index (χ2v) is 7.76. The van der Waals surface area contributed by atoms with Crippen molar-refractivity contribution < 1.29 is 4.79 Å². The van der Waals surface area contributed by atoms with E-state index >= 15 is 0 Å². The molecule has 0 N–H and O–H groups in total. The lowest BCUT2D eigenvalue weighted by Crippen LogP contribution is -2.10. The van der Waals surface area contributed by atoms with Gasteiger partial charge < -0.3 is 0 Å². The first-order valence-electron chi connectivity index (χ1n) is 9.58. The molecule has 7 heteroatoms. The van der Waals surface area contributed by atoms with Gasteiger partial charge in [-0.05, 0) is 47.6 Å². The fraction of sp³-hybridized carbons (Fsp3) is 0.227. The van der Waals surface area contributed by atoms with Crippen LogP contribution >= 0.6 is 11.6 Å². The van der Waals surface area contributed by atoms with E-state index in [1.54, 1.807) is 24.7 Å². The van der Waals surface area contributed by atoms with E-state index < -0.39 is 0 Å². The minimum absolute atomic E-state index is 0.117. The van der Waals surface area contributed by atoms with Gasteiger partial charge in [-0.2, -0.15) is 10.2 Å². The fourth-order valence-electron chi connectivity index (χ4n) is 3.74. The molecule has 0 bridgehead atoms. The number of rotatable bonds is 6. The summed E-state index contributed by atoms with van der Waals surface area (Å²) in [6.07, 6.45) is 9.64. The number of carbonyl (C=O) groups excluding carboxylic acids is 1. The fourth-order valence-corrected chi connectivity index (χ4v) is 4.01. The lowest BCUT2D eigenvalue weighted by atomic mass is 9.95. The Morgan fingerprint density at radius 2 is 1.86 bits per heavy atom. The van der Waals surface area contributed by atoms with Crippen LogP contribution in [0.5, 0.6) is 0 Å². The van der Waals surface area contributed by atoms with Crippen molar-refractivity contribution >= 4 is 28.3 Å². The van der Waals surface area contributed by atoms with Crippen LogP contribution in [0.1, 0.15) is 35.4 Å². The van der Waals surface area contributed by atoms with Crippen LogP contribution in [0, 0.1) is 0 Å². The van der Waals surface area contributed by atoms with Crippen molar-refractivity contribution in [1.82, 2.24) is 25.0 Å². The molecule has 0 amide bonds. The number of ketones is 1. The molecule has 0 aliphatic heterocycles. The predicted octanol–water partition coefficient (Wildman–Crippen LogP) is 4.10. The summed E-state index contributed by atoms with van der Waals surface area (Å²) in [6.45, 7) is 0. The van der Waals surface area contributed by atoms with Crippen LogP contribution in [0.2, 0.25) is 5.02 Å². The highest BCUT2D eigenvalue weighted by atomic mass is 35.5. The highest BCUT2D eigenvalue weighted by Crippen LogP contribution is 2.44. The minimum Gasteiger partial charge on any atom is -0.299 e. The van der Waals surface area contributed by atoms with E-state index in [1.165, 1.54) is 28.6 Å². The summed E-state index contributed by atoms with van der Waals surface area (Å²) >= 11 is 6.32. The topological polar surface area (TPSA) is 73.6 Å². The number of benzene rings is 1. The summed E-state index contributed by atoms with van der Waals surface area (Å²) in [5.74, 6) is 1.11. The summed E-state index contributed by atoms with van der Waals surface area (Å²) in [5.41, 5.74) is 4.09. The van der Waals surface area contributed by atoms with Crippen molar-refractivity contribution in [1.29, 1.82) is 0 Å². The minimum atomic E-state index is 0.117. The van der Waals surface area contributed by atoms with Crippen molar-refractivity contribution in [3.05, 3.63) is 76.8 Å². The summed E-state index contributed by atoms with van der Waals surface area (Å²) in [7, 11) is 0. The van der Waals surface area contributed by atoms with E-state index in [1.807, 2.05) is 24.4 Å². The van der Waals surface area contributed by atoms with Gasteiger partial charge in [-0.1, -0.05) is 29.8 Å². The molecule has 0 spiro atoms. The molecule has 3 aromatic heterocycles. The van der Waals surface area contributed by atoms with Crippen molar-refractivity contribution in [2.24, 2.45) is 0 Å². The van der Waals surface area contributed by atoms with Crippen molar-refractivity contribution in [2.45, 2.75) is 31.6 Å². The predicted molar refractivity (Wildman–Crippen MR) is 110 cm³/mol. The number of pyridine rings is 2. The maximum atomic E-state index is 12.8. The second-order valence-electron chi connectivity index (χ2n) is 7.35. The molecule has 144 valence electrons. The molecule has 29 heavy (non-hydrogen) atoms. The van der Waals surface area contributed by atoms with E-state index in [-0.39, 0.29) is 12.2 Å². The summed E-state index contributed by atoms with van der Waals surface area (Å²) in [4.78, 5) is 23.1. The van der Waals surface area contributed by atoms with Gasteiger partial charge in [-0.3, -0.25) is 9.78 Å². The molecule has 0 unspecified atom stereocenters. The van der Waals surface area contributed by atoms with Crippen molar-refractivity contribution in [3.8, 4) is 5.82 Å². The molecule has 1 fully saturated rings. The van der Waals surface area contributed by atoms with E-state index in [4.69, 9.17) is 11.6 Å². The SMILES string of the molecule is O=C(Cc1cnc(-n2nccn2)c(Cl)c1)Cc1cnc2ccccc2c1C1CC1. The maximum absolute atomic E-state index is 12.8. The smallest absolute Gasteiger partial charge is 0.193 e. The lowest BCUT2D eigenvalue weighted by Gasteiger charge is -2.12. The zero-order valence-electron chi connectivity index (χ0n) is 15.6. The van der Waals surface area contributed by atoms with Crippen molar-refractivity contribution in [2.75, 3.05) is 0 Å². The van der Waals surface area contributed by atoms with Gasteiger partial charge >= 0.3 is 0 Å². The van der Waals surface area contributed by atoms with Gasteiger partial charge in [0, 0.05) is 30.6 Å². The van der Waals surface area contributed by atoms with Crippen LogP contribution in [0.15, 0.2) is 55.1 Å². The van der Waals surface area contributed by atoms with Gasteiger partial charge in [-0.25, -0.2) is 4.98 Å². The van der Waals surface area contributed by atoms with E-state index in [9.17, 15) is 4.79 Å². The number of Topliss-reactive ketones (excluding diaryl/α,β-unsaturated/α-hetero) is 1. The molecule has 0 atom stereocenters. The molecule has 1 aliphatic carbocycles. The van der Waals surface area contributed by atoms with Gasteiger partial charge in [-0.15, -0.1) is 4.80 Å². The third kappa shape index (κ3) is 3.63. The van der Waals surface area contributed by atoms with Gasteiger partial charge in [0.15, 0.2) is 5.82 Å². The van der Waals surface area contributed by atoms with Crippen LogP contribution in [0.4, 0.5) is 0 Å². The Kier molecular flexibility index (Phi) is 4.56. The number of fused-ring (bicyclic) bond motifs is 1. The normalized spacial score (nSPS) is 13.7. The van der Waals surface area contributed by atoms with Crippen LogP contribution in [-0.4, -0.2) is 30.7 Å². The third-order valence-corrected chi connectivity index (χ3v) is 5.44. The molecule has 3 heterocycles. The van der Waals surface area contributed by atoms with Gasteiger partial charge in [0.25, 0.3) is 0 Å². The summed E-state index contributed by atoms with van der Waals surface area (Å²) in [5, 5.41) is 9.65. The standard InChI is InChI=1S/C22H18ClN5O/c23-19-10-14(12-25-22(19)28-26-7-8-27-28)9-17(29)11-16-13-24-20-4-2-1-3-18(20)21(16)15-5-6-15/h1-4,7-8,10,12-13,15H,5-6,9,11H2. The number of nitrogens with zero attached hydrogens (tertiary/aromatic N) is 5. The molecular formula is C22H18ClN5O. The molecule has 1 aromatic carbocycles. The average molecular weight is 404 g/mol.